The van der Waals surface area contributed by atoms with Gasteiger partial charge in [0.2, 0.25) is 10.0 Å². The van der Waals surface area contributed by atoms with E-state index in [1.54, 1.807) is 34.6 Å². The van der Waals surface area contributed by atoms with Crippen LogP contribution in [0.15, 0.2) is 0 Å². The van der Waals surface area contributed by atoms with Gasteiger partial charge in [-0.2, -0.15) is 0 Å². The summed E-state index contributed by atoms with van der Waals surface area (Å²) in [6.45, 7) is 14.8. The van der Waals surface area contributed by atoms with Gasteiger partial charge in [0.15, 0.2) is 0 Å². The van der Waals surface area contributed by atoms with E-state index in [1.807, 2.05) is 20.8 Å². The molecule has 0 aliphatic carbocycles. The second-order valence-electron chi connectivity index (χ2n) is 8.00. The van der Waals surface area contributed by atoms with E-state index in [0.29, 0.717) is 6.42 Å². The van der Waals surface area contributed by atoms with Crippen LogP contribution in [0.3, 0.4) is 0 Å². The minimum Gasteiger partial charge on any atom is -0.459 e. The highest BCUT2D eigenvalue weighted by Gasteiger charge is 2.31. The lowest BCUT2D eigenvalue weighted by atomic mass is 9.94. The molecule has 0 fully saturated rings. The van der Waals surface area contributed by atoms with Crippen LogP contribution in [0.2, 0.25) is 0 Å². The second-order valence-corrected chi connectivity index (χ2v) is 9.88. The number of esters is 1. The van der Waals surface area contributed by atoms with E-state index in [4.69, 9.17) is 4.74 Å². The van der Waals surface area contributed by atoms with E-state index in [0.717, 1.165) is 0 Å². The van der Waals surface area contributed by atoms with Crippen LogP contribution in [-0.4, -0.2) is 31.8 Å². The average molecular weight is 321 g/mol. The molecule has 0 aromatic heterocycles. The quantitative estimate of drug-likeness (QED) is 0.763. The van der Waals surface area contributed by atoms with Crippen molar-refractivity contribution in [2.45, 2.75) is 73.5 Å². The number of ether oxygens (including phenoxy) is 1. The third kappa shape index (κ3) is 9.85. The summed E-state index contributed by atoms with van der Waals surface area (Å²) in [5, 5.41) is 0. The number of carbonyl (C=O) groups excluding carboxylic acids is 1. The molecule has 0 rings (SSSR count). The number of carbonyl (C=O) groups is 1. The molecule has 0 heterocycles. The first-order valence-corrected chi connectivity index (χ1v) is 9.01. The maximum absolute atomic E-state index is 12.1. The summed E-state index contributed by atoms with van der Waals surface area (Å²) >= 11 is 0. The van der Waals surface area contributed by atoms with Gasteiger partial charge in [-0.3, -0.25) is 4.79 Å². The zero-order chi connectivity index (χ0) is 17.1. The molecule has 0 saturated heterocycles. The molecule has 0 aromatic carbocycles. The van der Waals surface area contributed by atoms with Crippen LogP contribution in [0.1, 0.15) is 61.8 Å². The first kappa shape index (κ1) is 20.4. The largest absolute Gasteiger partial charge is 0.459 e. The number of nitrogens with one attached hydrogen (secondary N) is 1. The van der Waals surface area contributed by atoms with Crippen molar-refractivity contribution in [3.8, 4) is 0 Å². The number of hydrogen-bond donors (Lipinski definition) is 1. The van der Waals surface area contributed by atoms with E-state index in [1.165, 1.54) is 0 Å². The summed E-state index contributed by atoms with van der Waals surface area (Å²) in [5.74, 6) is -0.705. The molecule has 1 N–H and O–H groups in total. The van der Waals surface area contributed by atoms with Crippen LogP contribution >= 0.6 is 0 Å². The molecule has 1 atom stereocenters. The Morgan fingerprint density at radius 3 is 1.90 bits per heavy atom. The average Bonchev–Trinajstić information content (AvgIpc) is 2.19. The van der Waals surface area contributed by atoms with Gasteiger partial charge in [-0.05, 0) is 38.5 Å². The van der Waals surface area contributed by atoms with Crippen LogP contribution in [0.4, 0.5) is 0 Å². The SMILES string of the molecule is CC(C)[C@@H](NS(=O)(=O)CCC(C)(C)C)C(=O)OC(C)(C)C. The molecule has 21 heavy (non-hydrogen) atoms. The van der Waals surface area contributed by atoms with Crippen molar-refractivity contribution in [1.82, 2.24) is 4.72 Å². The van der Waals surface area contributed by atoms with Gasteiger partial charge in [0, 0.05) is 0 Å². The molecule has 0 bridgehead atoms. The smallest absolute Gasteiger partial charge is 0.324 e. The van der Waals surface area contributed by atoms with Crippen molar-refractivity contribution in [1.29, 1.82) is 0 Å². The Bertz CT molecular complexity index is 441. The molecule has 6 heteroatoms. The first-order chi connectivity index (χ1) is 9.13. The zero-order valence-electron chi connectivity index (χ0n) is 14.6. The molecule has 0 aliphatic rings. The van der Waals surface area contributed by atoms with Gasteiger partial charge in [-0.15, -0.1) is 0 Å². The number of rotatable bonds is 6. The lowest BCUT2D eigenvalue weighted by molar-refractivity contribution is -0.158. The fourth-order valence-electron chi connectivity index (χ4n) is 1.51. The minimum absolute atomic E-state index is 0.00250. The van der Waals surface area contributed by atoms with Crippen LogP contribution in [-0.2, 0) is 19.6 Å². The fraction of sp³-hybridized carbons (Fsp3) is 0.933. The summed E-state index contributed by atoms with van der Waals surface area (Å²) in [6, 6.07) is -0.853. The van der Waals surface area contributed by atoms with E-state index in [2.05, 4.69) is 4.72 Å². The Hall–Kier alpha value is -0.620. The normalized spacial score (nSPS) is 15.1. The molecule has 126 valence electrons. The molecule has 0 radical (unpaired) electrons. The first-order valence-electron chi connectivity index (χ1n) is 7.36. The minimum atomic E-state index is -3.51. The van der Waals surface area contributed by atoms with Crippen molar-refractivity contribution in [3.05, 3.63) is 0 Å². The topological polar surface area (TPSA) is 72.5 Å². The molecule has 0 saturated carbocycles. The Kier molecular flexibility index (Phi) is 6.88. The van der Waals surface area contributed by atoms with E-state index in [9.17, 15) is 13.2 Å². The standard InChI is InChI=1S/C15H31NO4S/c1-11(2)12(13(17)20-15(6,7)8)16-21(18,19)10-9-14(3,4)5/h11-12,16H,9-10H2,1-8H3/t12-/m1/s1. The predicted octanol–water partition coefficient (Wildman–Crippen LogP) is 2.71. The summed E-state index contributed by atoms with van der Waals surface area (Å²) in [7, 11) is -3.51. The maximum Gasteiger partial charge on any atom is 0.324 e. The molecular weight excluding hydrogens is 290 g/mol. The van der Waals surface area contributed by atoms with Crippen LogP contribution in [0, 0.1) is 11.3 Å². The molecule has 0 aromatic rings. The van der Waals surface area contributed by atoms with Crippen molar-refractivity contribution in [2.75, 3.05) is 5.75 Å². The monoisotopic (exact) mass is 321 g/mol. The van der Waals surface area contributed by atoms with Gasteiger partial charge in [-0.25, -0.2) is 13.1 Å². The van der Waals surface area contributed by atoms with Gasteiger partial charge in [-0.1, -0.05) is 34.6 Å². The van der Waals surface area contributed by atoms with Crippen LogP contribution in [0.5, 0.6) is 0 Å². The van der Waals surface area contributed by atoms with E-state index in [-0.39, 0.29) is 17.1 Å². The van der Waals surface area contributed by atoms with Crippen molar-refractivity contribution in [3.63, 3.8) is 0 Å². The summed E-state index contributed by atoms with van der Waals surface area (Å²) in [5.41, 5.74) is -0.713. The third-order valence-corrected chi connectivity index (χ3v) is 4.11. The van der Waals surface area contributed by atoms with Gasteiger partial charge < -0.3 is 4.74 Å². The molecule has 0 aliphatic heterocycles. The lowest BCUT2D eigenvalue weighted by Gasteiger charge is -2.27. The zero-order valence-corrected chi connectivity index (χ0v) is 15.4. The number of sulfonamides is 1. The molecule has 5 nitrogen and oxygen atoms in total. The lowest BCUT2D eigenvalue weighted by Crippen LogP contribution is -2.48. The highest BCUT2D eigenvalue weighted by Crippen LogP contribution is 2.19. The van der Waals surface area contributed by atoms with Gasteiger partial charge in [0.1, 0.15) is 11.6 Å². The predicted molar refractivity (Wildman–Crippen MR) is 85.5 cm³/mol. The van der Waals surface area contributed by atoms with Crippen LogP contribution in [0.25, 0.3) is 0 Å². The van der Waals surface area contributed by atoms with E-state index >= 15 is 0 Å². The van der Waals surface area contributed by atoms with Crippen molar-refractivity contribution >= 4 is 16.0 Å². The maximum atomic E-state index is 12.1. The summed E-state index contributed by atoms with van der Waals surface area (Å²) < 4.78 is 32.1. The van der Waals surface area contributed by atoms with Gasteiger partial charge >= 0.3 is 5.97 Å². The molecule has 0 spiro atoms. The van der Waals surface area contributed by atoms with Gasteiger partial charge in [0.05, 0.1) is 5.75 Å². The highest BCUT2D eigenvalue weighted by molar-refractivity contribution is 7.89. The second kappa shape index (κ2) is 7.09. The highest BCUT2D eigenvalue weighted by atomic mass is 32.2. The van der Waals surface area contributed by atoms with Gasteiger partial charge in [0.25, 0.3) is 0 Å². The Labute approximate surface area is 129 Å². The summed E-state index contributed by atoms with van der Waals surface area (Å²) in [6.07, 6.45) is 0.529. The van der Waals surface area contributed by atoms with Crippen LogP contribution < -0.4 is 4.72 Å². The summed E-state index contributed by atoms with van der Waals surface area (Å²) in [4.78, 5) is 12.1. The Morgan fingerprint density at radius 2 is 1.57 bits per heavy atom. The fourth-order valence-corrected chi connectivity index (χ4v) is 3.27. The van der Waals surface area contributed by atoms with E-state index < -0.39 is 27.6 Å². The molecular formula is C15H31NO4S. The Balaban J connectivity index is 4.89. The van der Waals surface area contributed by atoms with Crippen molar-refractivity contribution in [2.24, 2.45) is 11.3 Å². The van der Waals surface area contributed by atoms with Crippen molar-refractivity contribution < 1.29 is 17.9 Å². The molecule has 0 amide bonds. The molecule has 0 unspecified atom stereocenters. The number of hydrogen-bond acceptors (Lipinski definition) is 4. The Morgan fingerprint density at radius 1 is 1.10 bits per heavy atom. The third-order valence-electron chi connectivity index (χ3n) is 2.75.